The number of fused-ring (bicyclic) bond motifs is 1. The summed E-state index contributed by atoms with van der Waals surface area (Å²) in [6, 6.07) is 12.1. The Kier molecular flexibility index (Phi) is 6.27. The Hall–Kier alpha value is -2.97. The topological polar surface area (TPSA) is 77.6 Å². The van der Waals surface area contributed by atoms with Crippen molar-refractivity contribution in [3.63, 3.8) is 0 Å². The predicted octanol–water partition coefficient (Wildman–Crippen LogP) is 3.72. The van der Waals surface area contributed by atoms with E-state index in [0.717, 1.165) is 60.9 Å². The number of pyridine rings is 1. The third-order valence-corrected chi connectivity index (χ3v) is 8.39. The molecule has 0 bridgehead atoms. The number of rotatable bonds is 5. The van der Waals surface area contributed by atoms with E-state index in [9.17, 15) is 9.59 Å². The molecule has 5 rings (SSSR count). The first-order chi connectivity index (χ1) is 16.5. The number of nitrogens with one attached hydrogen (secondary N) is 2. The van der Waals surface area contributed by atoms with Gasteiger partial charge in [-0.25, -0.2) is 0 Å². The van der Waals surface area contributed by atoms with Crippen molar-refractivity contribution >= 4 is 39.7 Å². The van der Waals surface area contributed by atoms with Gasteiger partial charge in [0.15, 0.2) is 0 Å². The first-order valence-corrected chi connectivity index (χ1v) is 12.8. The molecule has 2 N–H and O–H groups in total. The van der Waals surface area contributed by atoms with Gasteiger partial charge in [-0.1, -0.05) is 18.2 Å². The molecule has 2 amide bonds. The summed E-state index contributed by atoms with van der Waals surface area (Å²) in [4.78, 5) is 35.3. The second-order valence-corrected chi connectivity index (χ2v) is 10.3. The summed E-state index contributed by atoms with van der Waals surface area (Å²) in [5.74, 6) is 0.179. The van der Waals surface area contributed by atoms with Gasteiger partial charge in [-0.2, -0.15) is 0 Å². The van der Waals surface area contributed by atoms with Crippen molar-refractivity contribution < 1.29 is 9.59 Å². The van der Waals surface area contributed by atoms with Crippen LogP contribution in [0.1, 0.15) is 40.9 Å². The van der Waals surface area contributed by atoms with Crippen LogP contribution >= 0.6 is 11.3 Å². The van der Waals surface area contributed by atoms with Crippen LogP contribution in [0.4, 0.5) is 5.69 Å². The lowest BCUT2D eigenvalue weighted by Crippen LogP contribution is -2.65. The normalized spacial score (nSPS) is 23.4. The lowest BCUT2D eigenvalue weighted by atomic mass is 9.76. The molecule has 0 radical (unpaired) electrons. The number of hydrogen-bond donors (Lipinski definition) is 2. The fraction of sp³-hybridized carbons (Fsp3) is 0.423. The molecule has 1 aliphatic carbocycles. The molecule has 2 aromatic heterocycles. The number of hydrogen-bond acceptors (Lipinski definition) is 6. The number of aromatic nitrogens is 1. The van der Waals surface area contributed by atoms with Crippen LogP contribution in [0, 0.1) is 0 Å². The molecule has 3 heterocycles. The predicted molar refractivity (Wildman–Crippen MR) is 136 cm³/mol. The number of thiophene rings is 1. The van der Waals surface area contributed by atoms with E-state index in [-0.39, 0.29) is 17.9 Å². The maximum absolute atomic E-state index is 13.1. The smallest absolute Gasteiger partial charge is 0.263 e. The molecular weight excluding hydrogens is 446 g/mol. The maximum Gasteiger partial charge on any atom is 0.263 e. The standard InChI is InChI=1S/C26H31N5O2S/c1-30-14-15-31(2)26(25(30)33)11-7-19(8-12-26)29-24(32)23-22(10-16-34-23)28-17-18-9-13-27-21-6-4-3-5-20(18)21/h3-6,9-10,13,16,19,28H,7-8,11-12,14-15,17H2,1-2H3,(H,29,32)/t19-,26+. The number of para-hydroxylation sites is 1. The fourth-order valence-corrected chi connectivity index (χ4v) is 6.12. The second kappa shape index (κ2) is 9.35. The van der Waals surface area contributed by atoms with Gasteiger partial charge in [-0.15, -0.1) is 11.3 Å². The number of nitrogens with zero attached hydrogens (tertiary/aromatic N) is 3. The molecule has 2 fully saturated rings. The Balaban J connectivity index is 1.22. The van der Waals surface area contributed by atoms with Crippen LogP contribution in [0.5, 0.6) is 0 Å². The first kappa shape index (κ1) is 22.8. The van der Waals surface area contributed by atoms with E-state index < -0.39 is 5.54 Å². The molecule has 3 aromatic rings. The number of benzene rings is 1. The van der Waals surface area contributed by atoms with Crippen molar-refractivity contribution in [3.05, 3.63) is 58.4 Å². The van der Waals surface area contributed by atoms with E-state index in [4.69, 9.17) is 0 Å². The highest BCUT2D eigenvalue weighted by atomic mass is 32.1. The zero-order valence-electron chi connectivity index (χ0n) is 19.7. The van der Waals surface area contributed by atoms with Crippen LogP contribution in [-0.4, -0.2) is 65.4 Å². The van der Waals surface area contributed by atoms with E-state index in [2.05, 4.69) is 33.6 Å². The van der Waals surface area contributed by atoms with Gasteiger partial charge in [-0.05, 0) is 61.9 Å². The Labute approximate surface area is 204 Å². The van der Waals surface area contributed by atoms with Crippen molar-refractivity contribution in [2.24, 2.45) is 0 Å². The lowest BCUT2D eigenvalue weighted by Gasteiger charge is -2.50. The van der Waals surface area contributed by atoms with Crippen molar-refractivity contribution in [1.82, 2.24) is 20.1 Å². The number of carbonyl (C=O) groups excluding carboxylic acids is 2. The summed E-state index contributed by atoms with van der Waals surface area (Å²) in [6.07, 6.45) is 5.01. The van der Waals surface area contributed by atoms with Crippen molar-refractivity contribution in [2.75, 3.05) is 32.5 Å². The monoisotopic (exact) mass is 477 g/mol. The molecule has 1 aliphatic heterocycles. The number of amides is 2. The zero-order valence-corrected chi connectivity index (χ0v) is 20.5. The van der Waals surface area contributed by atoms with Gasteiger partial charge in [0.05, 0.1) is 11.2 Å². The van der Waals surface area contributed by atoms with Crippen molar-refractivity contribution in [2.45, 2.75) is 43.8 Å². The third-order valence-electron chi connectivity index (χ3n) is 7.47. The zero-order chi connectivity index (χ0) is 23.7. The van der Waals surface area contributed by atoms with Gasteiger partial charge in [0.1, 0.15) is 10.4 Å². The number of anilines is 1. The highest BCUT2D eigenvalue weighted by Gasteiger charge is 2.48. The highest BCUT2D eigenvalue weighted by Crippen LogP contribution is 2.37. The van der Waals surface area contributed by atoms with E-state index in [1.165, 1.54) is 11.3 Å². The van der Waals surface area contributed by atoms with E-state index in [1.807, 2.05) is 53.9 Å². The van der Waals surface area contributed by atoms with Crippen LogP contribution in [0.25, 0.3) is 10.9 Å². The minimum Gasteiger partial charge on any atom is -0.380 e. The summed E-state index contributed by atoms with van der Waals surface area (Å²) in [6.45, 7) is 2.30. The summed E-state index contributed by atoms with van der Waals surface area (Å²) >= 11 is 1.45. The molecule has 2 aliphatic rings. The average Bonchev–Trinajstić information content (AvgIpc) is 3.34. The summed E-state index contributed by atoms with van der Waals surface area (Å²) in [5.41, 5.74) is 2.55. The van der Waals surface area contributed by atoms with Crippen LogP contribution in [0.15, 0.2) is 48.0 Å². The molecule has 34 heavy (non-hydrogen) atoms. The molecule has 7 nitrogen and oxygen atoms in total. The van der Waals surface area contributed by atoms with Crippen LogP contribution in [0.3, 0.4) is 0 Å². The molecular formula is C26H31N5O2S. The Bertz CT molecular complexity index is 1200. The Morgan fingerprint density at radius 1 is 1.15 bits per heavy atom. The quantitative estimate of drug-likeness (QED) is 0.586. The third kappa shape index (κ3) is 4.16. The Morgan fingerprint density at radius 2 is 1.94 bits per heavy atom. The average molecular weight is 478 g/mol. The van der Waals surface area contributed by atoms with Crippen molar-refractivity contribution in [1.29, 1.82) is 0 Å². The molecule has 1 spiro atoms. The number of carbonyl (C=O) groups is 2. The number of piperazine rings is 1. The second-order valence-electron chi connectivity index (χ2n) is 9.43. The summed E-state index contributed by atoms with van der Waals surface area (Å²) < 4.78 is 0. The van der Waals surface area contributed by atoms with Crippen molar-refractivity contribution in [3.8, 4) is 0 Å². The first-order valence-electron chi connectivity index (χ1n) is 11.9. The lowest BCUT2D eigenvalue weighted by molar-refractivity contribution is -0.151. The minimum absolute atomic E-state index is 0.0431. The highest BCUT2D eigenvalue weighted by molar-refractivity contribution is 7.12. The van der Waals surface area contributed by atoms with Crippen LogP contribution in [-0.2, 0) is 11.3 Å². The molecule has 0 atom stereocenters. The van der Waals surface area contributed by atoms with Gasteiger partial charge < -0.3 is 15.5 Å². The van der Waals surface area contributed by atoms with Gasteiger partial charge in [0, 0.05) is 44.3 Å². The minimum atomic E-state index is -0.406. The van der Waals surface area contributed by atoms with Gasteiger partial charge in [-0.3, -0.25) is 19.5 Å². The Morgan fingerprint density at radius 3 is 2.76 bits per heavy atom. The molecule has 1 saturated heterocycles. The maximum atomic E-state index is 13.1. The fourth-order valence-electron chi connectivity index (χ4n) is 5.34. The molecule has 178 valence electrons. The molecule has 0 unspecified atom stereocenters. The van der Waals surface area contributed by atoms with Crippen LogP contribution < -0.4 is 10.6 Å². The van der Waals surface area contributed by atoms with Gasteiger partial charge in [0.2, 0.25) is 5.91 Å². The number of likely N-dealkylation sites (N-methyl/N-ethyl adjacent to an activating group) is 2. The van der Waals surface area contributed by atoms with Crippen LogP contribution in [0.2, 0.25) is 0 Å². The molecule has 1 saturated carbocycles. The molecule has 1 aromatic carbocycles. The summed E-state index contributed by atoms with van der Waals surface area (Å²) in [5, 5.41) is 9.74. The van der Waals surface area contributed by atoms with E-state index >= 15 is 0 Å². The molecule has 8 heteroatoms. The van der Waals surface area contributed by atoms with E-state index in [1.54, 1.807) is 0 Å². The van der Waals surface area contributed by atoms with Gasteiger partial charge >= 0.3 is 0 Å². The van der Waals surface area contributed by atoms with E-state index in [0.29, 0.717) is 11.4 Å². The van der Waals surface area contributed by atoms with Gasteiger partial charge in [0.25, 0.3) is 5.91 Å². The SMILES string of the molecule is CN1CCN(C)[C@]2(CC[C@@H](NC(=O)c3sccc3NCc3ccnc4ccccc34)CC2)C1=O. The summed E-state index contributed by atoms with van der Waals surface area (Å²) in [7, 11) is 3.95. The largest absolute Gasteiger partial charge is 0.380 e.